The van der Waals surface area contributed by atoms with Gasteiger partial charge in [0.25, 0.3) is 0 Å². The molecule has 0 amide bonds. The first-order valence-electron chi connectivity index (χ1n) is 10.2. The molecule has 0 aliphatic rings. The van der Waals surface area contributed by atoms with E-state index >= 15 is 0 Å². The fourth-order valence-corrected chi connectivity index (χ4v) is 4.06. The molecule has 0 bridgehead atoms. The lowest BCUT2D eigenvalue weighted by Gasteiger charge is -2.11. The molecule has 0 aromatic heterocycles. The van der Waals surface area contributed by atoms with Crippen LogP contribution >= 0.6 is 19.2 Å². The highest BCUT2D eigenvalue weighted by Crippen LogP contribution is 2.34. The molecule has 0 radical (unpaired) electrons. The molecule has 0 unspecified atom stereocenters. The highest BCUT2D eigenvalue weighted by atomic mass is 35.5. The molecule has 2 aromatic rings. The number of unbranched alkanes of at least 4 members (excludes halogenated alkanes) is 3. The quantitative estimate of drug-likeness (QED) is 0.268. The molecule has 0 spiro atoms. The Bertz CT molecular complexity index is 843. The normalized spacial score (nSPS) is 11.8. The van der Waals surface area contributed by atoms with Crippen LogP contribution in [0.3, 0.4) is 0 Å². The maximum Gasteiger partial charge on any atom is 0.325 e. The van der Waals surface area contributed by atoms with Crippen molar-refractivity contribution in [3.63, 3.8) is 0 Å². The zero-order chi connectivity index (χ0) is 22.0. The second kappa shape index (κ2) is 12.5. The summed E-state index contributed by atoms with van der Waals surface area (Å²) in [6.45, 7) is 0.767. The monoisotopic (exact) mass is 459 g/mol. The SMILES string of the molecule is O=P(O)(O)CCCNCc1cc(F)c(CCCCCCc2ccc(F)cc2)cc1Cl. The largest absolute Gasteiger partial charge is 0.325 e. The van der Waals surface area contributed by atoms with Crippen LogP contribution in [-0.2, 0) is 24.0 Å². The summed E-state index contributed by atoms with van der Waals surface area (Å²) in [5, 5.41) is 3.52. The first-order valence-corrected chi connectivity index (χ1v) is 12.4. The Hall–Kier alpha value is -1.30. The predicted molar refractivity (Wildman–Crippen MR) is 117 cm³/mol. The highest BCUT2D eigenvalue weighted by molar-refractivity contribution is 7.51. The molecule has 2 aromatic carbocycles. The molecule has 0 saturated carbocycles. The van der Waals surface area contributed by atoms with Gasteiger partial charge in [0.05, 0.1) is 6.16 Å². The Morgan fingerprint density at radius 3 is 2.23 bits per heavy atom. The highest BCUT2D eigenvalue weighted by Gasteiger charge is 2.12. The van der Waals surface area contributed by atoms with Crippen molar-refractivity contribution >= 4 is 19.2 Å². The second-order valence-corrected chi connectivity index (χ2v) is 9.68. The standard InChI is InChI=1S/C22H29ClF2NO3P/c23-21-14-18(7-4-2-1-3-6-17-8-10-20(24)11-9-17)22(25)15-19(21)16-26-12-5-13-30(27,28)29/h8-11,14-15,26H,1-7,12-13,16H2,(H2,27,28,29). The summed E-state index contributed by atoms with van der Waals surface area (Å²) in [6.07, 6.45) is 5.60. The van der Waals surface area contributed by atoms with Gasteiger partial charge in [-0.2, -0.15) is 0 Å². The van der Waals surface area contributed by atoms with Gasteiger partial charge in [-0.15, -0.1) is 0 Å². The van der Waals surface area contributed by atoms with Gasteiger partial charge in [-0.25, -0.2) is 8.78 Å². The zero-order valence-corrected chi connectivity index (χ0v) is 18.6. The Kier molecular flexibility index (Phi) is 10.4. The minimum Gasteiger partial charge on any atom is -0.324 e. The van der Waals surface area contributed by atoms with Crippen LogP contribution in [-0.4, -0.2) is 22.5 Å². The van der Waals surface area contributed by atoms with E-state index in [1.54, 1.807) is 18.2 Å². The third kappa shape index (κ3) is 9.67. The van der Waals surface area contributed by atoms with Gasteiger partial charge in [0.1, 0.15) is 11.6 Å². The van der Waals surface area contributed by atoms with Crippen molar-refractivity contribution in [2.24, 2.45) is 0 Å². The van der Waals surface area contributed by atoms with Crippen molar-refractivity contribution in [1.82, 2.24) is 5.32 Å². The first-order chi connectivity index (χ1) is 14.2. The molecule has 0 saturated heterocycles. The number of halogens is 3. The van der Waals surface area contributed by atoms with E-state index in [0.29, 0.717) is 42.1 Å². The molecule has 0 atom stereocenters. The van der Waals surface area contributed by atoms with Gasteiger partial charge in [0, 0.05) is 11.6 Å². The van der Waals surface area contributed by atoms with E-state index in [-0.39, 0.29) is 17.8 Å². The predicted octanol–water partition coefficient (Wildman–Crippen LogP) is 5.62. The average molecular weight is 460 g/mol. The Labute approximate surface area is 181 Å². The van der Waals surface area contributed by atoms with E-state index in [9.17, 15) is 13.3 Å². The molecular formula is C22H29ClF2NO3P. The molecule has 0 heterocycles. The van der Waals surface area contributed by atoms with Crippen LogP contribution in [0, 0.1) is 11.6 Å². The molecular weight excluding hydrogens is 431 g/mol. The van der Waals surface area contributed by atoms with Crippen LogP contribution < -0.4 is 5.32 Å². The summed E-state index contributed by atoms with van der Waals surface area (Å²) in [4.78, 5) is 17.7. The van der Waals surface area contributed by atoms with Gasteiger partial charge in [-0.05, 0) is 79.6 Å². The van der Waals surface area contributed by atoms with Gasteiger partial charge < -0.3 is 15.1 Å². The zero-order valence-electron chi connectivity index (χ0n) is 16.9. The molecule has 0 aliphatic carbocycles. The lowest BCUT2D eigenvalue weighted by Crippen LogP contribution is -2.16. The van der Waals surface area contributed by atoms with E-state index in [1.165, 1.54) is 18.2 Å². The van der Waals surface area contributed by atoms with Crippen molar-refractivity contribution in [3.05, 3.63) is 69.7 Å². The number of hydrogen-bond donors (Lipinski definition) is 3. The minimum atomic E-state index is -3.98. The molecule has 30 heavy (non-hydrogen) atoms. The van der Waals surface area contributed by atoms with Crippen LogP contribution in [0.5, 0.6) is 0 Å². The van der Waals surface area contributed by atoms with Crippen molar-refractivity contribution in [3.8, 4) is 0 Å². The maximum absolute atomic E-state index is 14.4. The lowest BCUT2D eigenvalue weighted by molar-refractivity contribution is 0.371. The molecule has 3 N–H and O–H groups in total. The summed E-state index contributed by atoms with van der Waals surface area (Å²) in [6, 6.07) is 9.67. The summed E-state index contributed by atoms with van der Waals surface area (Å²) >= 11 is 6.27. The summed E-state index contributed by atoms with van der Waals surface area (Å²) in [5.74, 6) is -0.501. The maximum atomic E-state index is 14.4. The number of benzene rings is 2. The number of aryl methyl sites for hydroxylation is 2. The Morgan fingerprint density at radius 2 is 1.57 bits per heavy atom. The van der Waals surface area contributed by atoms with Crippen LogP contribution in [0.1, 0.15) is 48.8 Å². The van der Waals surface area contributed by atoms with E-state index in [0.717, 1.165) is 37.7 Å². The summed E-state index contributed by atoms with van der Waals surface area (Å²) in [5.41, 5.74) is 2.36. The Balaban J connectivity index is 1.67. The Morgan fingerprint density at radius 1 is 0.900 bits per heavy atom. The van der Waals surface area contributed by atoms with E-state index in [1.807, 2.05) is 0 Å². The second-order valence-electron chi connectivity index (χ2n) is 7.49. The third-order valence-electron chi connectivity index (χ3n) is 4.91. The van der Waals surface area contributed by atoms with E-state index in [2.05, 4.69) is 5.32 Å². The fourth-order valence-electron chi connectivity index (χ4n) is 3.24. The topological polar surface area (TPSA) is 69.6 Å². The van der Waals surface area contributed by atoms with E-state index < -0.39 is 7.60 Å². The number of nitrogens with one attached hydrogen (secondary N) is 1. The van der Waals surface area contributed by atoms with Crippen molar-refractivity contribution in [2.75, 3.05) is 12.7 Å². The van der Waals surface area contributed by atoms with E-state index in [4.69, 9.17) is 21.4 Å². The summed E-state index contributed by atoms with van der Waals surface area (Å²) in [7, 11) is -3.98. The number of hydrogen-bond acceptors (Lipinski definition) is 2. The van der Waals surface area contributed by atoms with Crippen molar-refractivity contribution in [2.45, 2.75) is 51.5 Å². The molecule has 4 nitrogen and oxygen atoms in total. The van der Waals surface area contributed by atoms with Gasteiger partial charge in [-0.3, -0.25) is 4.57 Å². The molecule has 0 aliphatic heterocycles. The lowest BCUT2D eigenvalue weighted by atomic mass is 10.0. The van der Waals surface area contributed by atoms with Crippen molar-refractivity contribution < 1.29 is 23.1 Å². The van der Waals surface area contributed by atoms with Crippen LogP contribution in [0.15, 0.2) is 36.4 Å². The van der Waals surface area contributed by atoms with Crippen LogP contribution in [0.4, 0.5) is 8.78 Å². The molecule has 166 valence electrons. The van der Waals surface area contributed by atoms with Crippen LogP contribution in [0.25, 0.3) is 0 Å². The average Bonchev–Trinajstić information content (AvgIpc) is 2.68. The molecule has 2 rings (SSSR count). The smallest absolute Gasteiger partial charge is 0.324 e. The summed E-state index contributed by atoms with van der Waals surface area (Å²) < 4.78 is 38.1. The first kappa shape index (κ1) is 25.0. The number of rotatable bonds is 13. The van der Waals surface area contributed by atoms with Gasteiger partial charge in [-0.1, -0.05) is 36.6 Å². The van der Waals surface area contributed by atoms with Gasteiger partial charge >= 0.3 is 7.60 Å². The molecule has 8 heteroatoms. The van der Waals surface area contributed by atoms with Gasteiger partial charge in [0.2, 0.25) is 0 Å². The third-order valence-corrected chi connectivity index (χ3v) is 6.16. The van der Waals surface area contributed by atoms with Crippen LogP contribution in [0.2, 0.25) is 5.02 Å². The minimum absolute atomic E-state index is 0.176. The van der Waals surface area contributed by atoms with Crippen molar-refractivity contribution in [1.29, 1.82) is 0 Å². The fraction of sp³-hybridized carbons (Fsp3) is 0.455. The molecule has 0 fully saturated rings. The van der Waals surface area contributed by atoms with Gasteiger partial charge in [0.15, 0.2) is 0 Å².